The lowest BCUT2D eigenvalue weighted by molar-refractivity contribution is -0.154. The Balaban J connectivity index is 2.67. The lowest BCUT2D eigenvalue weighted by Crippen LogP contribution is -2.25. The number of hydrogen-bond donors (Lipinski definition) is 1. The lowest BCUT2D eigenvalue weighted by Gasteiger charge is -2.10. The molecular weight excluding hydrogens is 249 g/mol. The van der Waals surface area contributed by atoms with Gasteiger partial charge >= 0.3 is 6.18 Å². The number of halogens is 3. The van der Waals surface area contributed by atoms with Crippen LogP contribution >= 0.6 is 0 Å². The second-order valence-electron chi connectivity index (χ2n) is 3.65. The largest absolute Gasteiger partial charge is 0.416 e. The van der Waals surface area contributed by atoms with Gasteiger partial charge in [-0.3, -0.25) is 4.79 Å². The highest BCUT2D eigenvalue weighted by atomic mass is 19.4. The Labute approximate surface area is 102 Å². The van der Waals surface area contributed by atoms with Crippen LogP contribution in [-0.4, -0.2) is 23.8 Å². The van der Waals surface area contributed by atoms with Crippen molar-refractivity contribution in [1.29, 1.82) is 0 Å². The molecule has 1 aromatic carbocycles. The topological polar surface area (TPSA) is 46.5 Å². The van der Waals surface area contributed by atoms with Crippen LogP contribution in [0.4, 0.5) is 13.2 Å². The fourth-order valence-corrected chi connectivity index (χ4v) is 1.35. The van der Waals surface area contributed by atoms with Crippen molar-refractivity contribution in [3.8, 4) is 0 Å². The quantitative estimate of drug-likeness (QED) is 0.827. The van der Waals surface area contributed by atoms with Gasteiger partial charge in [-0.1, -0.05) is 12.1 Å². The summed E-state index contributed by atoms with van der Waals surface area (Å²) >= 11 is 0. The summed E-state index contributed by atoms with van der Waals surface area (Å²) in [6.07, 6.45) is -6.09. The molecule has 0 saturated heterocycles. The van der Waals surface area contributed by atoms with E-state index >= 15 is 0 Å². The zero-order valence-electron chi connectivity index (χ0n) is 9.70. The molecule has 0 saturated carbocycles. The molecular formula is C12H13F3O3. The molecule has 18 heavy (non-hydrogen) atoms. The molecule has 1 unspecified atom stereocenters. The summed E-state index contributed by atoms with van der Waals surface area (Å²) in [4.78, 5) is 11.4. The minimum absolute atomic E-state index is 0.167. The van der Waals surface area contributed by atoms with Gasteiger partial charge in [0, 0.05) is 13.0 Å². The lowest BCUT2D eigenvalue weighted by atomic mass is 10.1. The minimum Gasteiger partial charge on any atom is -0.362 e. The average molecular weight is 262 g/mol. The molecule has 0 radical (unpaired) electrons. The van der Waals surface area contributed by atoms with Gasteiger partial charge in [0.1, 0.15) is 0 Å². The van der Waals surface area contributed by atoms with E-state index in [1.54, 1.807) is 6.92 Å². The number of hydrogen-bond acceptors (Lipinski definition) is 3. The minimum atomic E-state index is -4.40. The molecule has 1 aromatic rings. The molecule has 3 nitrogen and oxygen atoms in total. The van der Waals surface area contributed by atoms with Crippen molar-refractivity contribution in [3.63, 3.8) is 0 Å². The van der Waals surface area contributed by atoms with Crippen molar-refractivity contribution in [2.75, 3.05) is 6.61 Å². The monoisotopic (exact) mass is 262 g/mol. The maximum absolute atomic E-state index is 12.3. The van der Waals surface area contributed by atoms with Crippen molar-refractivity contribution in [2.24, 2.45) is 0 Å². The van der Waals surface area contributed by atoms with E-state index < -0.39 is 23.8 Å². The molecule has 0 bridgehead atoms. The van der Waals surface area contributed by atoms with Crippen LogP contribution in [0.5, 0.6) is 0 Å². The van der Waals surface area contributed by atoms with E-state index in [1.807, 2.05) is 0 Å². The van der Waals surface area contributed by atoms with E-state index in [1.165, 1.54) is 12.1 Å². The number of ketones is 1. The Hall–Kier alpha value is -1.40. The third-order valence-electron chi connectivity index (χ3n) is 2.26. The molecule has 1 N–H and O–H groups in total. The number of ether oxygens (including phenoxy) is 1. The second-order valence-corrected chi connectivity index (χ2v) is 3.65. The molecule has 0 amide bonds. The van der Waals surface area contributed by atoms with Crippen molar-refractivity contribution in [2.45, 2.75) is 25.8 Å². The maximum Gasteiger partial charge on any atom is 0.416 e. The molecule has 0 heterocycles. The van der Waals surface area contributed by atoms with Crippen molar-refractivity contribution in [1.82, 2.24) is 0 Å². The van der Waals surface area contributed by atoms with E-state index in [0.717, 1.165) is 12.1 Å². The first-order valence-electron chi connectivity index (χ1n) is 5.33. The van der Waals surface area contributed by atoms with Crippen LogP contribution < -0.4 is 0 Å². The van der Waals surface area contributed by atoms with Crippen LogP contribution in [0.3, 0.4) is 0 Å². The molecule has 0 aliphatic rings. The van der Waals surface area contributed by atoms with E-state index in [-0.39, 0.29) is 13.0 Å². The number of alkyl halides is 3. The molecule has 0 aromatic heterocycles. The van der Waals surface area contributed by atoms with Gasteiger partial charge in [-0.2, -0.15) is 13.2 Å². The van der Waals surface area contributed by atoms with Crippen LogP contribution in [0.1, 0.15) is 18.1 Å². The summed E-state index contributed by atoms with van der Waals surface area (Å²) in [6, 6.07) is 4.21. The van der Waals surface area contributed by atoms with Crippen LogP contribution in [0.25, 0.3) is 0 Å². The Morgan fingerprint density at radius 3 is 2.33 bits per heavy atom. The SMILES string of the molecule is CCOC(O)C(=O)Cc1ccc(C(F)(F)F)cc1. The highest BCUT2D eigenvalue weighted by Gasteiger charge is 2.30. The number of rotatable bonds is 5. The van der Waals surface area contributed by atoms with E-state index in [4.69, 9.17) is 0 Å². The van der Waals surface area contributed by atoms with Gasteiger partial charge in [-0.05, 0) is 24.6 Å². The molecule has 1 rings (SSSR count). The first-order chi connectivity index (χ1) is 8.34. The van der Waals surface area contributed by atoms with E-state index in [9.17, 15) is 23.1 Å². The van der Waals surface area contributed by atoms with Crippen molar-refractivity contribution < 1.29 is 27.8 Å². The second kappa shape index (κ2) is 5.97. The number of Topliss-reactive ketones (excluding diaryl/α,β-unsaturated/α-hetero) is 1. The van der Waals surface area contributed by atoms with E-state index in [2.05, 4.69) is 4.74 Å². The summed E-state index contributed by atoms with van der Waals surface area (Å²) < 4.78 is 41.5. The summed E-state index contributed by atoms with van der Waals surface area (Å²) in [5.74, 6) is -0.586. The fraction of sp³-hybridized carbons (Fsp3) is 0.417. The Bertz CT molecular complexity index is 398. The van der Waals surface area contributed by atoms with Gasteiger partial charge < -0.3 is 9.84 Å². The standard InChI is InChI=1S/C12H13F3O3/c1-2-18-11(17)10(16)7-8-3-5-9(6-4-8)12(13,14)15/h3-6,11,17H,2,7H2,1H3. The summed E-state index contributed by atoms with van der Waals surface area (Å²) in [5, 5.41) is 9.21. The maximum atomic E-state index is 12.3. The number of aliphatic hydroxyl groups excluding tert-OH is 1. The molecule has 0 fully saturated rings. The third kappa shape index (κ3) is 4.12. The number of aliphatic hydroxyl groups is 1. The molecule has 100 valence electrons. The first kappa shape index (κ1) is 14.7. The Morgan fingerprint density at radius 2 is 1.89 bits per heavy atom. The Morgan fingerprint density at radius 1 is 1.33 bits per heavy atom. The summed E-state index contributed by atoms with van der Waals surface area (Å²) in [5.41, 5.74) is -0.379. The Kier molecular flexibility index (Phi) is 4.86. The highest BCUT2D eigenvalue weighted by molar-refractivity contribution is 5.83. The van der Waals surface area contributed by atoms with Gasteiger partial charge in [0.25, 0.3) is 0 Å². The van der Waals surface area contributed by atoms with Gasteiger partial charge in [0.15, 0.2) is 5.78 Å². The van der Waals surface area contributed by atoms with Crippen molar-refractivity contribution in [3.05, 3.63) is 35.4 Å². The molecule has 0 aliphatic heterocycles. The smallest absolute Gasteiger partial charge is 0.362 e. The number of benzene rings is 1. The molecule has 1 atom stereocenters. The van der Waals surface area contributed by atoms with Crippen LogP contribution in [0.2, 0.25) is 0 Å². The van der Waals surface area contributed by atoms with Crippen LogP contribution in [0, 0.1) is 0 Å². The zero-order valence-corrected chi connectivity index (χ0v) is 9.70. The van der Waals surface area contributed by atoms with Crippen LogP contribution in [-0.2, 0) is 22.1 Å². The molecule has 0 spiro atoms. The van der Waals surface area contributed by atoms with Gasteiger partial charge in [-0.15, -0.1) is 0 Å². The number of carbonyl (C=O) groups is 1. The predicted molar refractivity (Wildman–Crippen MR) is 57.8 cm³/mol. The van der Waals surface area contributed by atoms with E-state index in [0.29, 0.717) is 5.56 Å². The highest BCUT2D eigenvalue weighted by Crippen LogP contribution is 2.29. The van der Waals surface area contributed by atoms with Gasteiger partial charge in [-0.25, -0.2) is 0 Å². The van der Waals surface area contributed by atoms with Gasteiger partial charge in [0.2, 0.25) is 6.29 Å². The predicted octanol–water partition coefficient (Wildman–Crippen LogP) is 2.17. The summed E-state index contributed by atoms with van der Waals surface area (Å²) in [7, 11) is 0. The zero-order chi connectivity index (χ0) is 13.8. The third-order valence-corrected chi connectivity index (χ3v) is 2.26. The molecule has 6 heteroatoms. The van der Waals surface area contributed by atoms with Crippen molar-refractivity contribution >= 4 is 5.78 Å². The average Bonchev–Trinajstić information content (AvgIpc) is 2.28. The first-order valence-corrected chi connectivity index (χ1v) is 5.33. The fourth-order valence-electron chi connectivity index (χ4n) is 1.35. The number of carbonyl (C=O) groups excluding carboxylic acids is 1. The molecule has 0 aliphatic carbocycles. The van der Waals surface area contributed by atoms with Crippen LogP contribution in [0.15, 0.2) is 24.3 Å². The van der Waals surface area contributed by atoms with Gasteiger partial charge in [0.05, 0.1) is 5.56 Å². The normalized spacial score (nSPS) is 13.4. The summed E-state index contributed by atoms with van der Waals surface area (Å²) in [6.45, 7) is 1.80.